The summed E-state index contributed by atoms with van der Waals surface area (Å²) < 4.78 is 0. The molecule has 0 bridgehead atoms. The average Bonchev–Trinajstić information content (AvgIpc) is 2.86. The topological polar surface area (TPSA) is 62.1 Å². The zero-order valence-electron chi connectivity index (χ0n) is 12.1. The Labute approximate surface area is 123 Å². The van der Waals surface area contributed by atoms with E-state index in [0.717, 1.165) is 23.1 Å². The molecular weight excluding hydrogens is 270 g/mol. The van der Waals surface area contributed by atoms with Crippen LogP contribution in [0.2, 0.25) is 0 Å². The molecule has 0 radical (unpaired) electrons. The molecule has 1 atom stereocenters. The Kier molecular flexibility index (Phi) is 4.60. The lowest BCUT2D eigenvalue weighted by atomic mass is 10.1. The fourth-order valence-corrected chi connectivity index (χ4v) is 3.21. The molecule has 0 aliphatic rings. The largest absolute Gasteiger partial charge is 0.399 e. The number of amides is 1. The highest BCUT2D eigenvalue weighted by Gasteiger charge is 2.21. The van der Waals surface area contributed by atoms with Crippen molar-refractivity contribution < 1.29 is 4.79 Å². The first-order valence-electron chi connectivity index (χ1n) is 6.71. The third-order valence-electron chi connectivity index (χ3n) is 3.63. The van der Waals surface area contributed by atoms with Crippen molar-refractivity contribution >= 4 is 34.3 Å². The van der Waals surface area contributed by atoms with Gasteiger partial charge in [-0.3, -0.25) is 4.79 Å². The number of rotatable bonds is 5. The first-order valence-corrected chi connectivity index (χ1v) is 8.10. The summed E-state index contributed by atoms with van der Waals surface area (Å²) >= 11 is 1.76. The molecule has 20 heavy (non-hydrogen) atoms. The van der Waals surface area contributed by atoms with Crippen molar-refractivity contribution in [3.63, 3.8) is 0 Å². The number of hydrogen-bond donors (Lipinski definition) is 2. The minimum absolute atomic E-state index is 0.0442. The number of nitrogen functional groups attached to an aromatic ring is 1. The minimum atomic E-state index is 0.0442. The van der Waals surface area contributed by atoms with Gasteiger partial charge in [0, 0.05) is 41.6 Å². The van der Waals surface area contributed by atoms with Crippen LogP contribution < -0.4 is 5.73 Å². The monoisotopic (exact) mass is 291 g/mol. The summed E-state index contributed by atoms with van der Waals surface area (Å²) in [4.78, 5) is 17.6. The van der Waals surface area contributed by atoms with Crippen molar-refractivity contribution in [3.05, 3.63) is 30.0 Å². The van der Waals surface area contributed by atoms with Crippen LogP contribution in [0.4, 0.5) is 5.69 Å². The number of benzene rings is 1. The van der Waals surface area contributed by atoms with Gasteiger partial charge in [-0.2, -0.15) is 11.8 Å². The maximum atomic E-state index is 12.7. The van der Waals surface area contributed by atoms with Crippen molar-refractivity contribution in [1.29, 1.82) is 0 Å². The summed E-state index contributed by atoms with van der Waals surface area (Å²) in [5.41, 5.74) is 8.12. The number of anilines is 1. The Balaban J connectivity index is 2.33. The molecule has 1 heterocycles. The van der Waals surface area contributed by atoms with Crippen molar-refractivity contribution in [2.75, 3.05) is 24.8 Å². The highest BCUT2D eigenvalue weighted by molar-refractivity contribution is 7.98. The Morgan fingerprint density at radius 1 is 1.50 bits per heavy atom. The standard InChI is InChI=1S/C15H21N3OS/c1-4-11(9-20-3)18(2)15(19)13-8-17-14-6-5-10(16)7-12(13)14/h5-8,11,17H,4,9,16H2,1-3H3. The fraction of sp³-hybridized carbons (Fsp3) is 0.400. The normalized spacial score (nSPS) is 12.6. The SMILES string of the molecule is CCC(CSC)N(C)C(=O)c1c[nH]c2ccc(N)cc12. The molecule has 4 nitrogen and oxygen atoms in total. The van der Waals surface area contributed by atoms with Crippen molar-refractivity contribution in [2.45, 2.75) is 19.4 Å². The number of carbonyl (C=O) groups excluding carboxylic acids is 1. The van der Waals surface area contributed by atoms with Crippen LogP contribution in [-0.4, -0.2) is 40.9 Å². The molecule has 2 rings (SSSR count). The molecular formula is C15H21N3OS. The minimum Gasteiger partial charge on any atom is -0.399 e. The van der Waals surface area contributed by atoms with Gasteiger partial charge in [-0.1, -0.05) is 6.92 Å². The van der Waals surface area contributed by atoms with Gasteiger partial charge in [-0.05, 0) is 30.9 Å². The first-order chi connectivity index (χ1) is 9.58. The second kappa shape index (κ2) is 6.22. The van der Waals surface area contributed by atoms with Crippen LogP contribution in [0.1, 0.15) is 23.7 Å². The van der Waals surface area contributed by atoms with Gasteiger partial charge in [0.2, 0.25) is 0 Å². The third-order valence-corrected chi connectivity index (χ3v) is 4.35. The van der Waals surface area contributed by atoms with Crippen LogP contribution in [0.3, 0.4) is 0 Å². The summed E-state index contributed by atoms with van der Waals surface area (Å²) in [5.74, 6) is 0.992. The molecule has 0 saturated carbocycles. The van der Waals surface area contributed by atoms with E-state index < -0.39 is 0 Å². The molecule has 0 fully saturated rings. The molecule has 1 aromatic carbocycles. The molecule has 2 aromatic rings. The van der Waals surface area contributed by atoms with E-state index in [4.69, 9.17) is 5.73 Å². The maximum absolute atomic E-state index is 12.7. The number of carbonyl (C=O) groups is 1. The highest BCUT2D eigenvalue weighted by atomic mass is 32.2. The fourth-order valence-electron chi connectivity index (χ4n) is 2.37. The summed E-state index contributed by atoms with van der Waals surface area (Å²) in [7, 11) is 1.87. The number of nitrogens with one attached hydrogen (secondary N) is 1. The van der Waals surface area contributed by atoms with Crippen LogP contribution >= 0.6 is 11.8 Å². The average molecular weight is 291 g/mol. The number of fused-ring (bicyclic) bond motifs is 1. The molecule has 1 unspecified atom stereocenters. The van der Waals surface area contributed by atoms with Gasteiger partial charge in [0.05, 0.1) is 5.56 Å². The molecule has 108 valence electrons. The van der Waals surface area contributed by atoms with Gasteiger partial charge in [-0.15, -0.1) is 0 Å². The second-order valence-electron chi connectivity index (χ2n) is 4.94. The number of nitrogens with two attached hydrogens (primary N) is 1. The van der Waals surface area contributed by atoms with E-state index in [-0.39, 0.29) is 11.9 Å². The molecule has 5 heteroatoms. The number of nitrogens with zero attached hydrogens (tertiary/aromatic N) is 1. The van der Waals surface area contributed by atoms with E-state index >= 15 is 0 Å². The van der Waals surface area contributed by atoms with Crippen LogP contribution in [0.15, 0.2) is 24.4 Å². The summed E-state index contributed by atoms with van der Waals surface area (Å²) in [6.45, 7) is 2.11. The van der Waals surface area contributed by atoms with Crippen LogP contribution in [0.25, 0.3) is 10.9 Å². The Morgan fingerprint density at radius 2 is 2.25 bits per heavy atom. The third kappa shape index (κ3) is 2.77. The Morgan fingerprint density at radius 3 is 2.90 bits per heavy atom. The summed E-state index contributed by atoms with van der Waals surface area (Å²) in [6.07, 6.45) is 4.79. The highest BCUT2D eigenvalue weighted by Crippen LogP contribution is 2.23. The molecule has 1 aromatic heterocycles. The second-order valence-corrected chi connectivity index (χ2v) is 5.85. The lowest BCUT2D eigenvalue weighted by Crippen LogP contribution is -2.38. The number of hydrogen-bond acceptors (Lipinski definition) is 3. The first kappa shape index (κ1) is 14.8. The number of aromatic amines is 1. The number of H-pyrrole nitrogens is 1. The smallest absolute Gasteiger partial charge is 0.256 e. The Hall–Kier alpha value is -1.62. The lowest BCUT2D eigenvalue weighted by molar-refractivity contribution is 0.0745. The predicted molar refractivity (Wildman–Crippen MR) is 87.3 cm³/mol. The van der Waals surface area contributed by atoms with E-state index in [1.165, 1.54) is 0 Å². The van der Waals surface area contributed by atoms with E-state index in [9.17, 15) is 4.79 Å². The molecule has 1 amide bonds. The van der Waals surface area contributed by atoms with E-state index in [0.29, 0.717) is 11.3 Å². The van der Waals surface area contributed by atoms with Crippen LogP contribution in [0.5, 0.6) is 0 Å². The van der Waals surface area contributed by atoms with Gasteiger partial charge < -0.3 is 15.6 Å². The van der Waals surface area contributed by atoms with Gasteiger partial charge in [0.15, 0.2) is 0 Å². The van der Waals surface area contributed by atoms with Gasteiger partial charge in [0.1, 0.15) is 0 Å². The van der Waals surface area contributed by atoms with Crippen molar-refractivity contribution in [3.8, 4) is 0 Å². The summed E-state index contributed by atoms with van der Waals surface area (Å²) in [6, 6.07) is 5.84. The number of aromatic nitrogens is 1. The van der Waals surface area contributed by atoms with E-state index in [1.807, 2.05) is 30.1 Å². The molecule has 3 N–H and O–H groups in total. The molecule has 0 aliphatic heterocycles. The quantitative estimate of drug-likeness (QED) is 0.833. The zero-order valence-corrected chi connectivity index (χ0v) is 13.0. The zero-order chi connectivity index (χ0) is 14.7. The van der Waals surface area contributed by atoms with Crippen molar-refractivity contribution in [2.24, 2.45) is 0 Å². The number of thioether (sulfide) groups is 1. The van der Waals surface area contributed by atoms with Crippen LogP contribution in [0, 0.1) is 0 Å². The van der Waals surface area contributed by atoms with Crippen LogP contribution in [-0.2, 0) is 0 Å². The van der Waals surface area contributed by atoms with Gasteiger partial charge in [0.25, 0.3) is 5.91 Å². The van der Waals surface area contributed by atoms with E-state index in [1.54, 1.807) is 18.0 Å². The van der Waals surface area contributed by atoms with Gasteiger partial charge in [-0.25, -0.2) is 0 Å². The van der Waals surface area contributed by atoms with Crippen molar-refractivity contribution in [1.82, 2.24) is 9.88 Å². The molecule has 0 spiro atoms. The Bertz CT molecular complexity index is 608. The predicted octanol–water partition coefficient (Wildman–Crippen LogP) is 2.96. The maximum Gasteiger partial charge on any atom is 0.256 e. The van der Waals surface area contributed by atoms with E-state index in [2.05, 4.69) is 18.2 Å². The van der Waals surface area contributed by atoms with Gasteiger partial charge >= 0.3 is 0 Å². The summed E-state index contributed by atoms with van der Waals surface area (Å²) in [5, 5.41) is 0.890. The molecule has 0 aliphatic carbocycles. The lowest BCUT2D eigenvalue weighted by Gasteiger charge is -2.26. The molecule has 0 saturated heterocycles.